The molecule has 0 aromatic carbocycles. The maximum absolute atomic E-state index is 11.2. The molecule has 0 amide bonds. The van der Waals surface area contributed by atoms with Crippen LogP contribution in [0.2, 0.25) is 0 Å². The van der Waals surface area contributed by atoms with Crippen molar-refractivity contribution in [1.29, 1.82) is 0 Å². The number of H-pyrrole nitrogens is 1. The van der Waals surface area contributed by atoms with Crippen LogP contribution in [0.1, 0.15) is 19.9 Å². The van der Waals surface area contributed by atoms with Gasteiger partial charge in [0.25, 0.3) is 0 Å². The van der Waals surface area contributed by atoms with E-state index in [4.69, 9.17) is 4.74 Å². The summed E-state index contributed by atoms with van der Waals surface area (Å²) in [6, 6.07) is -0.633. The molecule has 0 spiro atoms. The topological polar surface area (TPSA) is 77.0 Å². The maximum Gasteiger partial charge on any atom is 0.343 e. The summed E-state index contributed by atoms with van der Waals surface area (Å²) in [6.07, 6.45) is 1.27. The van der Waals surface area contributed by atoms with Crippen molar-refractivity contribution in [3.05, 3.63) is 16.8 Å². The maximum atomic E-state index is 11.2. The first-order chi connectivity index (χ1) is 6.16. The van der Waals surface area contributed by atoms with Crippen molar-refractivity contribution in [2.75, 3.05) is 6.61 Å². The Kier molecular flexibility index (Phi) is 2.84. The molecular formula is C7H11N3O3. The van der Waals surface area contributed by atoms with E-state index in [1.165, 1.54) is 10.9 Å². The molecule has 1 rings (SSSR count). The van der Waals surface area contributed by atoms with Crippen molar-refractivity contribution in [3.8, 4) is 0 Å². The fourth-order valence-corrected chi connectivity index (χ4v) is 0.909. The number of esters is 1. The van der Waals surface area contributed by atoms with Crippen LogP contribution in [0, 0.1) is 0 Å². The molecule has 0 aliphatic rings. The van der Waals surface area contributed by atoms with E-state index in [0.717, 1.165) is 0 Å². The van der Waals surface area contributed by atoms with Gasteiger partial charge in [-0.1, -0.05) is 0 Å². The van der Waals surface area contributed by atoms with Crippen LogP contribution in [-0.2, 0) is 9.53 Å². The molecule has 1 heterocycles. The third kappa shape index (κ3) is 1.95. The van der Waals surface area contributed by atoms with Crippen molar-refractivity contribution in [2.45, 2.75) is 19.9 Å². The van der Waals surface area contributed by atoms with Gasteiger partial charge in [-0.05, 0) is 13.8 Å². The van der Waals surface area contributed by atoms with Gasteiger partial charge in [0.2, 0.25) is 0 Å². The molecule has 0 fully saturated rings. The molecule has 0 bridgehead atoms. The number of carbonyl (C=O) groups excluding carboxylic acids is 1. The first-order valence-corrected chi connectivity index (χ1v) is 3.95. The van der Waals surface area contributed by atoms with Gasteiger partial charge in [0.1, 0.15) is 12.4 Å². The number of nitrogens with zero attached hydrogens (tertiary/aromatic N) is 2. The number of aromatic nitrogens is 3. The molecule has 1 N–H and O–H groups in total. The second kappa shape index (κ2) is 3.88. The van der Waals surface area contributed by atoms with Gasteiger partial charge in [0.15, 0.2) is 0 Å². The van der Waals surface area contributed by atoms with Crippen molar-refractivity contribution in [3.63, 3.8) is 0 Å². The highest BCUT2D eigenvalue weighted by Crippen LogP contribution is 2.02. The smallest absolute Gasteiger partial charge is 0.343 e. The van der Waals surface area contributed by atoms with Gasteiger partial charge in [-0.2, -0.15) is 5.10 Å². The summed E-state index contributed by atoms with van der Waals surface area (Å²) in [7, 11) is 0. The third-order valence-corrected chi connectivity index (χ3v) is 1.62. The zero-order chi connectivity index (χ0) is 9.84. The zero-order valence-corrected chi connectivity index (χ0v) is 7.48. The molecular weight excluding hydrogens is 174 g/mol. The monoisotopic (exact) mass is 185 g/mol. The molecule has 72 valence electrons. The van der Waals surface area contributed by atoms with Crippen LogP contribution in [0.5, 0.6) is 0 Å². The first-order valence-electron chi connectivity index (χ1n) is 3.95. The highest BCUT2D eigenvalue weighted by molar-refractivity contribution is 5.73. The molecule has 1 unspecified atom stereocenters. The average Bonchev–Trinajstić information content (AvgIpc) is 2.50. The van der Waals surface area contributed by atoms with Crippen LogP contribution in [0.25, 0.3) is 0 Å². The summed E-state index contributed by atoms with van der Waals surface area (Å²) in [4.78, 5) is 22.2. The summed E-state index contributed by atoms with van der Waals surface area (Å²) >= 11 is 0. The van der Waals surface area contributed by atoms with E-state index in [1.54, 1.807) is 13.8 Å². The molecule has 0 radical (unpaired) electrons. The minimum Gasteiger partial charge on any atom is -0.464 e. The number of aromatic amines is 1. The van der Waals surface area contributed by atoms with Crippen LogP contribution in [-0.4, -0.2) is 27.3 Å². The van der Waals surface area contributed by atoms with E-state index < -0.39 is 17.7 Å². The fourth-order valence-electron chi connectivity index (χ4n) is 0.909. The summed E-state index contributed by atoms with van der Waals surface area (Å²) in [6.45, 7) is 3.59. The van der Waals surface area contributed by atoms with E-state index in [1.807, 2.05) is 0 Å². The molecule has 0 aliphatic carbocycles. The van der Waals surface area contributed by atoms with Gasteiger partial charge in [0.05, 0.1) is 6.61 Å². The Morgan fingerprint density at radius 2 is 2.54 bits per heavy atom. The van der Waals surface area contributed by atoms with Crippen LogP contribution in [0.15, 0.2) is 11.1 Å². The number of hydrogen-bond donors (Lipinski definition) is 1. The second-order valence-corrected chi connectivity index (χ2v) is 2.50. The Bertz CT molecular complexity index is 341. The molecule has 0 saturated heterocycles. The van der Waals surface area contributed by atoms with E-state index in [0.29, 0.717) is 6.61 Å². The molecule has 6 nitrogen and oxygen atoms in total. The predicted octanol–water partition coefficient (Wildman–Crippen LogP) is -0.304. The van der Waals surface area contributed by atoms with Gasteiger partial charge in [0, 0.05) is 0 Å². The van der Waals surface area contributed by atoms with Crippen LogP contribution < -0.4 is 5.69 Å². The fraction of sp³-hybridized carbons (Fsp3) is 0.571. The van der Waals surface area contributed by atoms with Crippen LogP contribution in [0.4, 0.5) is 0 Å². The standard InChI is InChI=1S/C7H11N3O3/c1-3-13-6(11)5(2)10-4-8-9-7(10)12/h4-5H,3H2,1-2H3,(H,9,12). The molecule has 0 aliphatic heterocycles. The van der Waals surface area contributed by atoms with Crippen molar-refractivity contribution in [1.82, 2.24) is 14.8 Å². The Balaban J connectivity index is 2.79. The SMILES string of the molecule is CCOC(=O)C(C)n1cn[nH]c1=O. The van der Waals surface area contributed by atoms with E-state index >= 15 is 0 Å². The minimum atomic E-state index is -0.633. The first kappa shape index (κ1) is 9.50. The van der Waals surface area contributed by atoms with Gasteiger partial charge in [-0.25, -0.2) is 14.7 Å². The highest BCUT2D eigenvalue weighted by Gasteiger charge is 2.17. The molecule has 1 aromatic rings. The van der Waals surface area contributed by atoms with E-state index in [2.05, 4.69) is 10.2 Å². The van der Waals surface area contributed by atoms with Gasteiger partial charge < -0.3 is 4.74 Å². The second-order valence-electron chi connectivity index (χ2n) is 2.50. The molecule has 1 aromatic heterocycles. The third-order valence-electron chi connectivity index (χ3n) is 1.62. The van der Waals surface area contributed by atoms with Crippen LogP contribution in [0.3, 0.4) is 0 Å². The van der Waals surface area contributed by atoms with E-state index in [-0.39, 0.29) is 0 Å². The average molecular weight is 185 g/mol. The summed E-state index contributed by atoms with van der Waals surface area (Å²) in [5.41, 5.74) is -0.416. The molecule has 0 saturated carbocycles. The van der Waals surface area contributed by atoms with Gasteiger partial charge in [-0.15, -0.1) is 0 Å². The highest BCUT2D eigenvalue weighted by atomic mass is 16.5. The largest absolute Gasteiger partial charge is 0.464 e. The number of ether oxygens (including phenoxy) is 1. The summed E-state index contributed by atoms with van der Waals surface area (Å²) < 4.78 is 5.92. The number of rotatable bonds is 3. The normalized spacial score (nSPS) is 12.5. The van der Waals surface area contributed by atoms with Crippen LogP contribution >= 0.6 is 0 Å². The Hall–Kier alpha value is -1.59. The van der Waals surface area contributed by atoms with Crippen molar-refractivity contribution >= 4 is 5.97 Å². The lowest BCUT2D eigenvalue weighted by Crippen LogP contribution is -2.27. The summed E-state index contributed by atoms with van der Waals surface area (Å²) in [5, 5.41) is 5.70. The number of hydrogen-bond acceptors (Lipinski definition) is 4. The Labute approximate surface area is 74.5 Å². The van der Waals surface area contributed by atoms with Crippen molar-refractivity contribution in [2.24, 2.45) is 0 Å². The zero-order valence-electron chi connectivity index (χ0n) is 7.48. The molecule has 6 heteroatoms. The summed E-state index contributed by atoms with van der Waals surface area (Å²) in [5.74, 6) is -0.439. The van der Waals surface area contributed by atoms with Crippen molar-refractivity contribution < 1.29 is 9.53 Å². The van der Waals surface area contributed by atoms with Gasteiger partial charge in [-0.3, -0.25) is 4.57 Å². The van der Waals surface area contributed by atoms with Gasteiger partial charge >= 0.3 is 11.7 Å². The molecule has 13 heavy (non-hydrogen) atoms. The number of carbonyl (C=O) groups is 1. The minimum absolute atomic E-state index is 0.301. The Morgan fingerprint density at radius 3 is 3.00 bits per heavy atom. The Morgan fingerprint density at radius 1 is 1.85 bits per heavy atom. The number of nitrogens with one attached hydrogen (secondary N) is 1. The lowest BCUT2D eigenvalue weighted by Gasteiger charge is -2.09. The quantitative estimate of drug-likeness (QED) is 0.655. The lowest BCUT2D eigenvalue weighted by atomic mass is 10.3. The lowest BCUT2D eigenvalue weighted by molar-refractivity contribution is -0.146. The predicted molar refractivity (Wildman–Crippen MR) is 44.2 cm³/mol. The molecule has 1 atom stereocenters. The van der Waals surface area contributed by atoms with E-state index in [9.17, 15) is 9.59 Å².